The minimum absolute atomic E-state index is 0.169. The van der Waals surface area contributed by atoms with Gasteiger partial charge in [0.1, 0.15) is 0 Å². The van der Waals surface area contributed by atoms with E-state index in [2.05, 4.69) is 6.07 Å². The number of benzene rings is 10. The van der Waals surface area contributed by atoms with Crippen LogP contribution in [-0.2, 0) is 12.4 Å². The number of pyridine rings is 4. The van der Waals surface area contributed by atoms with Gasteiger partial charge in [-0.1, -0.05) is 176 Å². The van der Waals surface area contributed by atoms with E-state index in [0.717, 1.165) is 106 Å². The van der Waals surface area contributed by atoms with E-state index in [4.69, 9.17) is 19.9 Å². The lowest BCUT2D eigenvalue weighted by Gasteiger charge is -2.23. The molecular formula is C83H49F6N7. The van der Waals surface area contributed by atoms with Crippen LogP contribution in [0.5, 0.6) is 0 Å². The van der Waals surface area contributed by atoms with Crippen LogP contribution in [-0.4, -0.2) is 29.1 Å². The summed E-state index contributed by atoms with van der Waals surface area (Å²) in [6, 6.07) is 85.8. The van der Waals surface area contributed by atoms with Crippen LogP contribution < -0.4 is 0 Å². The molecule has 0 atom stereocenters. The maximum Gasteiger partial charge on any atom is 0.417 e. The molecule has 0 radical (unpaired) electrons. The van der Waals surface area contributed by atoms with Crippen LogP contribution >= 0.6 is 0 Å². The van der Waals surface area contributed by atoms with E-state index in [1.807, 2.05) is 252 Å². The lowest BCUT2D eigenvalue weighted by Crippen LogP contribution is -2.15. The first kappa shape index (κ1) is 58.5. The molecule has 16 rings (SSSR count). The van der Waals surface area contributed by atoms with Gasteiger partial charge >= 0.3 is 12.4 Å². The Hall–Kier alpha value is -12.5. The molecule has 0 saturated heterocycles. The zero-order chi connectivity index (χ0) is 65.2. The summed E-state index contributed by atoms with van der Waals surface area (Å²) in [5, 5.41) is 14.6. The number of halogens is 6. The van der Waals surface area contributed by atoms with Crippen molar-refractivity contribution in [3.63, 3.8) is 0 Å². The van der Waals surface area contributed by atoms with Crippen molar-refractivity contribution in [2.45, 2.75) is 12.4 Å². The highest BCUT2D eigenvalue weighted by molar-refractivity contribution is 6.14. The van der Waals surface area contributed by atoms with Crippen molar-refractivity contribution in [1.82, 2.24) is 29.1 Å². The second kappa shape index (κ2) is 23.5. The van der Waals surface area contributed by atoms with Crippen molar-refractivity contribution in [2.75, 3.05) is 0 Å². The normalized spacial score (nSPS) is 11.8. The number of rotatable bonds is 11. The highest BCUT2D eigenvalue weighted by Crippen LogP contribution is 2.49. The first-order chi connectivity index (χ1) is 46.8. The molecule has 0 aliphatic rings. The molecule has 7 nitrogen and oxygen atoms in total. The zero-order valence-electron chi connectivity index (χ0n) is 50.7. The Kier molecular flexibility index (Phi) is 14.4. The molecule has 13 heteroatoms. The molecule has 10 aromatic carbocycles. The molecule has 6 heterocycles. The number of alkyl halides is 6. The summed E-state index contributed by atoms with van der Waals surface area (Å²) in [5.41, 5.74) is 10.3. The van der Waals surface area contributed by atoms with Gasteiger partial charge in [-0.25, -0.2) is 0 Å². The lowest BCUT2D eigenvalue weighted by atomic mass is 9.89. The number of hydrogen-bond acceptors (Lipinski definition) is 5. The summed E-state index contributed by atoms with van der Waals surface area (Å²) in [4.78, 5) is 19.0. The predicted molar refractivity (Wildman–Crippen MR) is 370 cm³/mol. The first-order valence-corrected chi connectivity index (χ1v) is 30.9. The summed E-state index contributed by atoms with van der Waals surface area (Å²) in [5.74, 6) is 0. The zero-order valence-corrected chi connectivity index (χ0v) is 50.7. The second-order valence-corrected chi connectivity index (χ2v) is 23.5. The van der Waals surface area contributed by atoms with Crippen molar-refractivity contribution >= 4 is 43.6 Å². The largest absolute Gasteiger partial charge is 0.417 e. The Morgan fingerprint density at radius 3 is 0.844 bits per heavy atom. The molecule has 16 aromatic rings. The average Bonchev–Trinajstić information content (AvgIpc) is 1.52. The molecular weight excluding hydrogens is 1210 g/mol. The van der Waals surface area contributed by atoms with Gasteiger partial charge in [-0.05, 0) is 142 Å². The maximum absolute atomic E-state index is 15.8. The van der Waals surface area contributed by atoms with Crippen LogP contribution in [0.2, 0.25) is 0 Å². The Labute approximate surface area is 546 Å². The van der Waals surface area contributed by atoms with E-state index in [1.165, 1.54) is 12.1 Å². The van der Waals surface area contributed by atoms with Crippen LogP contribution in [0.4, 0.5) is 26.3 Å². The van der Waals surface area contributed by atoms with Crippen LogP contribution in [0, 0.1) is 11.3 Å². The number of aromatic nitrogens is 6. The van der Waals surface area contributed by atoms with Gasteiger partial charge in [0.25, 0.3) is 0 Å². The summed E-state index contributed by atoms with van der Waals surface area (Å²) >= 11 is 0. The fraction of sp³-hybridized carbons (Fsp3) is 0.0241. The molecule has 96 heavy (non-hydrogen) atoms. The van der Waals surface area contributed by atoms with Gasteiger partial charge in [0.05, 0.1) is 79.0 Å². The van der Waals surface area contributed by atoms with Crippen molar-refractivity contribution in [3.05, 3.63) is 314 Å². The number of nitrogens with zero attached hydrogens (tertiary/aromatic N) is 7. The van der Waals surface area contributed by atoms with Gasteiger partial charge in [0, 0.05) is 79.7 Å². The Morgan fingerprint density at radius 1 is 0.281 bits per heavy atom. The average molecular weight is 1260 g/mol. The fourth-order valence-electron chi connectivity index (χ4n) is 13.3. The topological polar surface area (TPSA) is 85.2 Å². The van der Waals surface area contributed by atoms with Gasteiger partial charge < -0.3 is 9.13 Å². The van der Waals surface area contributed by atoms with E-state index >= 15 is 26.3 Å². The van der Waals surface area contributed by atoms with E-state index in [0.29, 0.717) is 45.6 Å². The van der Waals surface area contributed by atoms with Crippen molar-refractivity contribution < 1.29 is 26.3 Å². The number of hydrogen-bond donors (Lipinski definition) is 0. The fourth-order valence-corrected chi connectivity index (χ4v) is 13.3. The molecule has 0 fully saturated rings. The van der Waals surface area contributed by atoms with Crippen LogP contribution in [0.1, 0.15) is 16.7 Å². The first-order valence-electron chi connectivity index (χ1n) is 30.9. The minimum atomic E-state index is -5.30. The summed E-state index contributed by atoms with van der Waals surface area (Å²) in [7, 11) is 0. The monoisotopic (exact) mass is 1260 g/mol. The molecule has 0 bridgehead atoms. The van der Waals surface area contributed by atoms with Crippen LogP contribution in [0.3, 0.4) is 0 Å². The molecule has 0 unspecified atom stereocenters. The third kappa shape index (κ3) is 10.6. The quantitative estimate of drug-likeness (QED) is 0.120. The summed E-state index contributed by atoms with van der Waals surface area (Å²) in [6.07, 6.45) is -3.63. The molecule has 0 saturated carbocycles. The molecule has 458 valence electrons. The molecule has 0 amide bonds. The smallest absolute Gasteiger partial charge is 0.307 e. The minimum Gasteiger partial charge on any atom is -0.307 e. The second-order valence-electron chi connectivity index (χ2n) is 23.5. The SMILES string of the molecule is N#Cc1cc(-n2c3cc(-c4ccnc(-c5ccccc5)c4)ccc3c3ccc(-c4ccnc(-c5ccccc5)c4)cc32)c(-n2c3cc(-c4ccnc(-c5ccccc5)c4)ccc3c3ccc(-c4ccnc(-c5ccccc5)c4)cc32)cc1-c1c(C(F)(F)F)cccc1C(F)(F)F. The molecule has 0 aliphatic carbocycles. The van der Waals surface area contributed by atoms with Gasteiger partial charge in [-0.3, -0.25) is 19.9 Å². The van der Waals surface area contributed by atoms with E-state index in [1.54, 1.807) is 24.8 Å². The molecule has 0 spiro atoms. The lowest BCUT2D eigenvalue weighted by molar-refractivity contribution is -0.142. The predicted octanol–water partition coefficient (Wildman–Crippen LogP) is 22.4. The Morgan fingerprint density at radius 2 is 0.562 bits per heavy atom. The van der Waals surface area contributed by atoms with Crippen molar-refractivity contribution in [3.8, 4) is 118 Å². The van der Waals surface area contributed by atoms with Gasteiger partial charge in [-0.2, -0.15) is 31.6 Å². The number of nitriles is 1. The van der Waals surface area contributed by atoms with E-state index < -0.39 is 40.2 Å². The van der Waals surface area contributed by atoms with Crippen LogP contribution in [0.25, 0.3) is 156 Å². The molecule has 0 N–H and O–H groups in total. The van der Waals surface area contributed by atoms with Gasteiger partial charge in [0.15, 0.2) is 0 Å². The van der Waals surface area contributed by atoms with Crippen LogP contribution in [0.15, 0.2) is 298 Å². The summed E-state index contributed by atoms with van der Waals surface area (Å²) < 4.78 is 98.6. The number of fused-ring (bicyclic) bond motifs is 6. The Bertz CT molecular complexity index is 5440. The molecule has 6 aromatic heterocycles. The Balaban J connectivity index is 1.05. The maximum atomic E-state index is 15.8. The highest BCUT2D eigenvalue weighted by atomic mass is 19.4. The van der Waals surface area contributed by atoms with Gasteiger partial charge in [0.2, 0.25) is 0 Å². The van der Waals surface area contributed by atoms with E-state index in [9.17, 15) is 5.26 Å². The third-order valence-electron chi connectivity index (χ3n) is 17.8. The van der Waals surface area contributed by atoms with Gasteiger partial charge in [-0.15, -0.1) is 0 Å². The van der Waals surface area contributed by atoms with Crippen molar-refractivity contribution in [1.29, 1.82) is 5.26 Å². The third-order valence-corrected chi connectivity index (χ3v) is 17.8. The van der Waals surface area contributed by atoms with Crippen molar-refractivity contribution in [2.24, 2.45) is 0 Å². The molecule has 0 aliphatic heterocycles. The van der Waals surface area contributed by atoms with E-state index in [-0.39, 0.29) is 11.4 Å². The highest BCUT2D eigenvalue weighted by Gasteiger charge is 2.42. The summed E-state index contributed by atoms with van der Waals surface area (Å²) in [6.45, 7) is 0. The standard InChI is InChI=1S/C83H49F6N7/c84-82(85,86)69-22-13-23-70(83(87,88)89)81(69)68-49-80(96-77-46-57(61-34-38-93-73(42-61)53-18-9-3-10-19-53)26-30-66(77)67-31-27-58(47-78(67)96)62-35-39-94-74(43-62)54-20-11-4-12-21-54)79(48-63(68)50-90)95-75-44-55(59-32-36-91-71(40-59)51-14-5-1-6-15-51)24-28-64(75)65-29-25-56(45-76(65)95)60-33-37-92-72(41-60)52-16-7-2-8-17-52/h1-49H.